The third-order valence-electron chi connectivity index (χ3n) is 4.22. The summed E-state index contributed by atoms with van der Waals surface area (Å²) in [5.41, 5.74) is 4.61. The van der Waals surface area contributed by atoms with Crippen LogP contribution in [0.5, 0.6) is 0 Å². The average molecular weight is 474 g/mol. The minimum atomic E-state index is -4.62. The van der Waals surface area contributed by atoms with Crippen LogP contribution in [0.4, 0.5) is 17.6 Å². The molecule has 1 aliphatic heterocycles. The van der Waals surface area contributed by atoms with Gasteiger partial charge in [0, 0.05) is 12.6 Å². The fourth-order valence-electron chi connectivity index (χ4n) is 2.94. The van der Waals surface area contributed by atoms with Gasteiger partial charge in [0.05, 0.1) is 12.1 Å². The number of likely N-dealkylation sites (N-methyl/N-ethyl adjacent to an activating group) is 1. The monoisotopic (exact) mass is 474 g/mol. The van der Waals surface area contributed by atoms with Gasteiger partial charge in [-0.05, 0) is 43.6 Å². The van der Waals surface area contributed by atoms with E-state index in [0.29, 0.717) is 18.7 Å². The van der Waals surface area contributed by atoms with Crippen molar-refractivity contribution in [2.45, 2.75) is 38.5 Å². The second-order valence-corrected chi connectivity index (χ2v) is 5.81. The first-order chi connectivity index (χ1) is 11.3. The van der Waals surface area contributed by atoms with Crippen molar-refractivity contribution in [1.82, 2.24) is 10.2 Å². The van der Waals surface area contributed by atoms with Crippen LogP contribution in [0.1, 0.15) is 30.9 Å². The van der Waals surface area contributed by atoms with Crippen LogP contribution in [0.3, 0.4) is 0 Å². The van der Waals surface area contributed by atoms with Crippen molar-refractivity contribution in [2.24, 2.45) is 10.7 Å². The summed E-state index contributed by atoms with van der Waals surface area (Å²) in [6, 6.07) is 2.92. The molecule has 1 aromatic carbocycles. The van der Waals surface area contributed by atoms with Crippen LogP contribution in [0.15, 0.2) is 23.2 Å². The number of benzene rings is 1. The molecule has 0 radical (unpaired) electrons. The van der Waals surface area contributed by atoms with Crippen molar-refractivity contribution < 1.29 is 17.6 Å². The third-order valence-corrected chi connectivity index (χ3v) is 4.22. The zero-order valence-corrected chi connectivity index (χ0v) is 16.3. The van der Waals surface area contributed by atoms with Crippen molar-refractivity contribution in [3.8, 4) is 0 Å². The van der Waals surface area contributed by atoms with Gasteiger partial charge >= 0.3 is 6.18 Å². The van der Waals surface area contributed by atoms with Crippen molar-refractivity contribution in [3.05, 3.63) is 35.1 Å². The zero-order valence-electron chi connectivity index (χ0n) is 13.9. The SMILES string of the molecule is CCN1CCCC1CNC(N)=NCc1ccc(F)cc1C(F)(F)F.I. The summed E-state index contributed by atoms with van der Waals surface area (Å²) < 4.78 is 51.8. The Morgan fingerprint density at radius 2 is 2.12 bits per heavy atom. The topological polar surface area (TPSA) is 53.6 Å². The first kappa shape index (κ1) is 21.9. The summed E-state index contributed by atoms with van der Waals surface area (Å²) in [5, 5.41) is 2.96. The fourth-order valence-corrected chi connectivity index (χ4v) is 2.94. The van der Waals surface area contributed by atoms with Crippen LogP contribution in [-0.2, 0) is 12.7 Å². The molecule has 3 N–H and O–H groups in total. The summed E-state index contributed by atoms with van der Waals surface area (Å²) in [6.45, 7) is 4.44. The molecule has 9 heteroatoms. The molecule has 1 aliphatic rings. The van der Waals surface area contributed by atoms with E-state index in [1.54, 1.807) is 0 Å². The molecule has 2 rings (SSSR count). The predicted molar refractivity (Wildman–Crippen MR) is 100 cm³/mol. The number of alkyl halides is 3. The molecule has 0 amide bonds. The molecule has 1 saturated heterocycles. The number of rotatable bonds is 5. The molecule has 1 heterocycles. The second-order valence-electron chi connectivity index (χ2n) is 5.81. The van der Waals surface area contributed by atoms with Crippen LogP contribution < -0.4 is 11.1 Å². The minimum Gasteiger partial charge on any atom is -0.370 e. The Morgan fingerprint density at radius 3 is 2.76 bits per heavy atom. The quantitative estimate of drug-likeness (QED) is 0.298. The van der Waals surface area contributed by atoms with Crippen LogP contribution in [-0.4, -0.2) is 36.5 Å². The van der Waals surface area contributed by atoms with Crippen molar-refractivity contribution >= 4 is 29.9 Å². The predicted octanol–water partition coefficient (Wildman–Crippen LogP) is 3.35. The fraction of sp³-hybridized carbons (Fsp3) is 0.562. The van der Waals surface area contributed by atoms with Gasteiger partial charge in [-0.3, -0.25) is 4.90 Å². The zero-order chi connectivity index (χ0) is 17.7. The van der Waals surface area contributed by atoms with Crippen LogP contribution in [0, 0.1) is 5.82 Å². The van der Waals surface area contributed by atoms with E-state index in [1.165, 1.54) is 0 Å². The maximum absolute atomic E-state index is 13.1. The Kier molecular flexibility index (Phi) is 8.39. The molecule has 0 spiro atoms. The molecule has 1 aromatic rings. The van der Waals surface area contributed by atoms with Gasteiger partial charge in [-0.15, -0.1) is 24.0 Å². The van der Waals surface area contributed by atoms with E-state index in [2.05, 4.69) is 22.1 Å². The van der Waals surface area contributed by atoms with E-state index < -0.39 is 17.6 Å². The number of aliphatic imine (C=N–C) groups is 1. The van der Waals surface area contributed by atoms with E-state index >= 15 is 0 Å². The highest BCUT2D eigenvalue weighted by Crippen LogP contribution is 2.32. The maximum Gasteiger partial charge on any atom is 0.416 e. The van der Waals surface area contributed by atoms with Crippen molar-refractivity contribution in [2.75, 3.05) is 19.6 Å². The normalized spacial score (nSPS) is 18.9. The first-order valence-electron chi connectivity index (χ1n) is 7.94. The molecule has 4 nitrogen and oxygen atoms in total. The summed E-state index contributed by atoms with van der Waals surface area (Å²) in [6.07, 6.45) is -2.44. The van der Waals surface area contributed by atoms with E-state index in [1.807, 2.05) is 0 Å². The molecule has 0 aliphatic carbocycles. The van der Waals surface area contributed by atoms with Gasteiger partial charge in [0.2, 0.25) is 0 Å². The molecule has 1 unspecified atom stereocenters. The third kappa shape index (κ3) is 6.28. The van der Waals surface area contributed by atoms with Crippen LogP contribution in [0.25, 0.3) is 0 Å². The molecular formula is C16H23F4IN4. The smallest absolute Gasteiger partial charge is 0.370 e. The van der Waals surface area contributed by atoms with Crippen LogP contribution >= 0.6 is 24.0 Å². The molecule has 0 bridgehead atoms. The summed E-state index contributed by atoms with van der Waals surface area (Å²) in [4.78, 5) is 6.27. The van der Waals surface area contributed by atoms with E-state index in [-0.39, 0.29) is 42.0 Å². The summed E-state index contributed by atoms with van der Waals surface area (Å²) in [5.74, 6) is -0.836. The molecule has 25 heavy (non-hydrogen) atoms. The maximum atomic E-state index is 13.1. The highest BCUT2D eigenvalue weighted by molar-refractivity contribution is 14.0. The Balaban J connectivity index is 0.00000312. The first-order valence-corrected chi connectivity index (χ1v) is 7.94. The molecule has 0 saturated carbocycles. The highest BCUT2D eigenvalue weighted by atomic mass is 127. The Bertz CT molecular complexity index is 592. The number of hydrogen-bond donors (Lipinski definition) is 2. The van der Waals surface area contributed by atoms with Crippen molar-refractivity contribution in [1.29, 1.82) is 0 Å². The van der Waals surface area contributed by atoms with Gasteiger partial charge in [-0.1, -0.05) is 13.0 Å². The lowest BCUT2D eigenvalue weighted by Gasteiger charge is -2.23. The van der Waals surface area contributed by atoms with Crippen LogP contribution in [0.2, 0.25) is 0 Å². The number of likely N-dealkylation sites (tertiary alicyclic amines) is 1. The van der Waals surface area contributed by atoms with Gasteiger partial charge in [0.15, 0.2) is 5.96 Å². The molecule has 1 atom stereocenters. The average Bonchev–Trinajstić information content (AvgIpc) is 2.98. The Labute approximate surface area is 161 Å². The number of guanidine groups is 1. The molecular weight excluding hydrogens is 451 g/mol. The van der Waals surface area contributed by atoms with Gasteiger partial charge in [0.25, 0.3) is 0 Å². The Hall–Kier alpha value is -1.10. The molecule has 1 fully saturated rings. The van der Waals surface area contributed by atoms with E-state index in [4.69, 9.17) is 5.73 Å². The van der Waals surface area contributed by atoms with Gasteiger partial charge < -0.3 is 11.1 Å². The Morgan fingerprint density at radius 1 is 1.40 bits per heavy atom. The number of nitrogens with zero attached hydrogens (tertiary/aromatic N) is 2. The lowest BCUT2D eigenvalue weighted by molar-refractivity contribution is -0.138. The number of nitrogens with one attached hydrogen (secondary N) is 1. The second kappa shape index (κ2) is 9.56. The van der Waals surface area contributed by atoms with Gasteiger partial charge in [-0.2, -0.15) is 13.2 Å². The lowest BCUT2D eigenvalue weighted by atomic mass is 10.1. The van der Waals surface area contributed by atoms with Crippen molar-refractivity contribution in [3.63, 3.8) is 0 Å². The van der Waals surface area contributed by atoms with Gasteiger partial charge in [0.1, 0.15) is 5.82 Å². The number of hydrogen-bond acceptors (Lipinski definition) is 2. The molecule has 142 valence electrons. The lowest BCUT2D eigenvalue weighted by Crippen LogP contribution is -2.42. The molecule has 0 aromatic heterocycles. The largest absolute Gasteiger partial charge is 0.416 e. The standard InChI is InChI=1S/C16H22F4N4.HI/c1-2-24-7-3-4-13(24)10-23-15(21)22-9-11-5-6-12(17)8-14(11)16(18,19)20;/h5-6,8,13H,2-4,7,9-10H2,1H3,(H3,21,22,23);1H. The highest BCUT2D eigenvalue weighted by Gasteiger charge is 2.33. The number of halogens is 5. The van der Waals surface area contributed by atoms with E-state index in [0.717, 1.165) is 38.1 Å². The summed E-state index contributed by atoms with van der Waals surface area (Å²) >= 11 is 0. The van der Waals surface area contributed by atoms with E-state index in [9.17, 15) is 17.6 Å². The summed E-state index contributed by atoms with van der Waals surface area (Å²) in [7, 11) is 0. The van der Waals surface area contributed by atoms with Gasteiger partial charge in [-0.25, -0.2) is 9.38 Å². The number of nitrogens with two attached hydrogens (primary N) is 1. The minimum absolute atomic E-state index is 0.